The Kier molecular flexibility index (Phi) is 4.18. The second-order valence-electron chi connectivity index (χ2n) is 4.74. The van der Waals surface area contributed by atoms with E-state index in [2.05, 4.69) is 66.0 Å². The van der Waals surface area contributed by atoms with Crippen LogP contribution in [-0.2, 0) is 6.42 Å². The first kappa shape index (κ1) is 13.3. The zero-order chi connectivity index (χ0) is 13.1. The highest BCUT2D eigenvalue weighted by Crippen LogP contribution is 2.32. The van der Waals surface area contributed by atoms with Crippen molar-refractivity contribution in [2.45, 2.75) is 32.0 Å². The maximum atomic E-state index is 4.47. The molecular formula is C16H18BrN. The number of alkyl halides is 1. The quantitative estimate of drug-likeness (QED) is 0.750. The number of aromatic nitrogens is 1. The standard InChI is InChI=1S/C16H18BrN/c1-11-8-5-9-18-15(11)10-14(17)16-12(2)6-4-7-13(16)3/h4-9,14H,10H2,1-3H3. The van der Waals surface area contributed by atoms with Crippen LogP contribution in [0.25, 0.3) is 0 Å². The number of halogens is 1. The Morgan fingerprint density at radius 3 is 2.22 bits per heavy atom. The van der Waals surface area contributed by atoms with E-state index in [0.29, 0.717) is 4.83 Å². The van der Waals surface area contributed by atoms with Gasteiger partial charge in [0.15, 0.2) is 0 Å². The SMILES string of the molecule is Cc1cccnc1CC(Br)c1c(C)cccc1C. The van der Waals surface area contributed by atoms with Crippen LogP contribution >= 0.6 is 15.9 Å². The van der Waals surface area contributed by atoms with Crippen molar-refractivity contribution in [1.82, 2.24) is 4.98 Å². The summed E-state index contributed by atoms with van der Waals surface area (Å²) in [5.74, 6) is 0. The molecule has 0 amide bonds. The molecule has 1 unspecified atom stereocenters. The fraction of sp³-hybridized carbons (Fsp3) is 0.312. The third-order valence-electron chi connectivity index (χ3n) is 3.35. The van der Waals surface area contributed by atoms with Crippen molar-refractivity contribution in [2.75, 3.05) is 0 Å². The maximum absolute atomic E-state index is 4.47. The van der Waals surface area contributed by atoms with Gasteiger partial charge in [0, 0.05) is 23.1 Å². The lowest BCUT2D eigenvalue weighted by Crippen LogP contribution is -2.03. The second-order valence-corrected chi connectivity index (χ2v) is 5.85. The number of rotatable bonds is 3. The molecule has 0 radical (unpaired) electrons. The number of pyridine rings is 1. The predicted octanol–water partition coefficient (Wildman–Crippen LogP) is 4.69. The van der Waals surface area contributed by atoms with Gasteiger partial charge in [-0.15, -0.1) is 0 Å². The molecule has 0 fully saturated rings. The Hall–Kier alpha value is -1.15. The molecule has 0 N–H and O–H groups in total. The summed E-state index contributed by atoms with van der Waals surface area (Å²) in [6.45, 7) is 6.45. The van der Waals surface area contributed by atoms with Gasteiger partial charge in [0.25, 0.3) is 0 Å². The fourth-order valence-electron chi connectivity index (χ4n) is 2.33. The van der Waals surface area contributed by atoms with E-state index in [-0.39, 0.29) is 0 Å². The van der Waals surface area contributed by atoms with Crippen molar-refractivity contribution >= 4 is 15.9 Å². The van der Waals surface area contributed by atoms with E-state index in [9.17, 15) is 0 Å². The van der Waals surface area contributed by atoms with Crippen molar-refractivity contribution in [3.63, 3.8) is 0 Å². The third-order valence-corrected chi connectivity index (χ3v) is 4.13. The molecule has 1 heterocycles. The Bertz CT molecular complexity index is 528. The van der Waals surface area contributed by atoms with Gasteiger partial charge in [-0.25, -0.2) is 0 Å². The van der Waals surface area contributed by atoms with E-state index < -0.39 is 0 Å². The van der Waals surface area contributed by atoms with Crippen LogP contribution in [0.3, 0.4) is 0 Å². The number of hydrogen-bond donors (Lipinski definition) is 0. The number of aryl methyl sites for hydroxylation is 3. The molecule has 2 rings (SSSR count). The van der Waals surface area contributed by atoms with Gasteiger partial charge in [-0.3, -0.25) is 4.98 Å². The lowest BCUT2D eigenvalue weighted by molar-refractivity contribution is 0.878. The lowest BCUT2D eigenvalue weighted by atomic mass is 9.97. The minimum absolute atomic E-state index is 0.326. The first-order valence-electron chi connectivity index (χ1n) is 6.20. The Morgan fingerprint density at radius 2 is 1.61 bits per heavy atom. The van der Waals surface area contributed by atoms with E-state index >= 15 is 0 Å². The minimum atomic E-state index is 0.326. The predicted molar refractivity (Wildman–Crippen MR) is 80.3 cm³/mol. The van der Waals surface area contributed by atoms with E-state index in [4.69, 9.17) is 0 Å². The number of nitrogens with zero attached hydrogens (tertiary/aromatic N) is 1. The largest absolute Gasteiger partial charge is 0.261 e. The fourth-order valence-corrected chi connectivity index (χ4v) is 3.35. The molecule has 1 atom stereocenters. The lowest BCUT2D eigenvalue weighted by Gasteiger charge is -2.16. The summed E-state index contributed by atoms with van der Waals surface area (Å²) in [5, 5.41) is 0. The Balaban J connectivity index is 2.28. The molecule has 0 aliphatic carbocycles. The molecule has 1 aromatic heterocycles. The van der Waals surface area contributed by atoms with Crippen molar-refractivity contribution in [3.05, 3.63) is 64.5 Å². The van der Waals surface area contributed by atoms with Crippen molar-refractivity contribution in [1.29, 1.82) is 0 Å². The van der Waals surface area contributed by atoms with Gasteiger partial charge >= 0.3 is 0 Å². The van der Waals surface area contributed by atoms with Crippen LogP contribution in [0.5, 0.6) is 0 Å². The van der Waals surface area contributed by atoms with Gasteiger partial charge in [0.2, 0.25) is 0 Å². The summed E-state index contributed by atoms with van der Waals surface area (Å²) in [6, 6.07) is 10.6. The normalized spacial score (nSPS) is 12.4. The highest BCUT2D eigenvalue weighted by atomic mass is 79.9. The Labute approximate surface area is 117 Å². The van der Waals surface area contributed by atoms with Gasteiger partial charge in [0.05, 0.1) is 0 Å². The molecule has 1 aromatic carbocycles. The van der Waals surface area contributed by atoms with Crippen molar-refractivity contribution in [2.24, 2.45) is 0 Å². The topological polar surface area (TPSA) is 12.9 Å². The van der Waals surface area contributed by atoms with Gasteiger partial charge in [-0.05, 0) is 49.1 Å². The van der Waals surface area contributed by atoms with Crippen LogP contribution in [0.15, 0.2) is 36.5 Å². The van der Waals surface area contributed by atoms with Crippen LogP contribution in [-0.4, -0.2) is 4.98 Å². The van der Waals surface area contributed by atoms with Crippen LogP contribution < -0.4 is 0 Å². The van der Waals surface area contributed by atoms with Gasteiger partial charge in [-0.1, -0.05) is 40.2 Å². The third kappa shape index (κ3) is 2.81. The van der Waals surface area contributed by atoms with E-state index in [1.807, 2.05) is 12.3 Å². The van der Waals surface area contributed by atoms with E-state index in [1.165, 1.54) is 27.9 Å². The zero-order valence-corrected chi connectivity index (χ0v) is 12.7. The summed E-state index contributed by atoms with van der Waals surface area (Å²) in [4.78, 5) is 4.80. The smallest absolute Gasteiger partial charge is 0.0456 e. The Morgan fingerprint density at radius 1 is 1.00 bits per heavy atom. The zero-order valence-electron chi connectivity index (χ0n) is 11.1. The van der Waals surface area contributed by atoms with Crippen molar-refractivity contribution in [3.8, 4) is 0 Å². The average Bonchev–Trinajstić information content (AvgIpc) is 2.32. The molecule has 2 heteroatoms. The first-order valence-corrected chi connectivity index (χ1v) is 7.12. The summed E-state index contributed by atoms with van der Waals surface area (Å²) in [5.41, 5.74) is 6.49. The molecule has 0 aliphatic heterocycles. The number of benzene rings is 1. The molecule has 0 aliphatic rings. The van der Waals surface area contributed by atoms with Gasteiger partial charge in [-0.2, -0.15) is 0 Å². The van der Waals surface area contributed by atoms with Gasteiger partial charge in [0.1, 0.15) is 0 Å². The van der Waals surface area contributed by atoms with Gasteiger partial charge < -0.3 is 0 Å². The summed E-state index contributed by atoms with van der Waals surface area (Å²) >= 11 is 3.82. The van der Waals surface area contributed by atoms with E-state index in [1.54, 1.807) is 0 Å². The summed E-state index contributed by atoms with van der Waals surface area (Å²) in [7, 11) is 0. The van der Waals surface area contributed by atoms with Crippen LogP contribution in [0, 0.1) is 20.8 Å². The number of hydrogen-bond acceptors (Lipinski definition) is 1. The molecule has 0 spiro atoms. The van der Waals surface area contributed by atoms with Crippen molar-refractivity contribution < 1.29 is 0 Å². The van der Waals surface area contributed by atoms with Crippen LogP contribution in [0.2, 0.25) is 0 Å². The first-order chi connectivity index (χ1) is 8.59. The van der Waals surface area contributed by atoms with E-state index in [0.717, 1.165) is 6.42 Å². The molecular weight excluding hydrogens is 286 g/mol. The summed E-state index contributed by atoms with van der Waals surface area (Å²) < 4.78 is 0. The highest BCUT2D eigenvalue weighted by molar-refractivity contribution is 9.09. The second kappa shape index (κ2) is 5.66. The van der Waals surface area contributed by atoms with Crippen LogP contribution in [0.4, 0.5) is 0 Å². The van der Waals surface area contributed by atoms with Crippen LogP contribution in [0.1, 0.15) is 32.8 Å². The molecule has 0 saturated carbocycles. The average molecular weight is 304 g/mol. The molecule has 1 nitrogen and oxygen atoms in total. The minimum Gasteiger partial charge on any atom is -0.261 e. The summed E-state index contributed by atoms with van der Waals surface area (Å²) in [6.07, 6.45) is 2.80. The highest BCUT2D eigenvalue weighted by Gasteiger charge is 2.14. The molecule has 94 valence electrons. The molecule has 18 heavy (non-hydrogen) atoms. The molecule has 2 aromatic rings. The molecule has 0 bridgehead atoms. The molecule has 0 saturated heterocycles. The monoisotopic (exact) mass is 303 g/mol. The maximum Gasteiger partial charge on any atom is 0.0456 e.